The number of aliphatic carboxylic acids is 6. The van der Waals surface area contributed by atoms with Crippen LogP contribution in [0.25, 0.3) is 34.4 Å². The molecule has 0 aromatic carbocycles. The molecule has 0 saturated carbocycles. The molecular weight excluding hydrogens is 622 g/mol. The second-order valence-corrected chi connectivity index (χ2v) is 3.26. The first-order valence-corrected chi connectivity index (χ1v) is 6.86. The minimum atomic E-state index is -2.19. The number of rotatable bonds is 3. The molecule has 0 bridgehead atoms. The van der Waals surface area contributed by atoms with Crippen molar-refractivity contribution in [1.82, 2.24) is 0 Å². The minimum Gasteiger partial charge on any atom is -0.679 e. The Hall–Kier alpha value is -2.17. The maximum absolute atomic E-state index is 9.10. The van der Waals surface area contributed by atoms with Crippen LogP contribution in [0, 0.1) is 0 Å². The molecule has 0 aliphatic carbocycles. The Bertz CT molecular complexity index is 377. The second kappa shape index (κ2) is 46.9. The van der Waals surface area contributed by atoms with E-state index in [2.05, 4.69) is 0 Å². The van der Waals surface area contributed by atoms with Crippen LogP contribution in [-0.2, 0) is 67.7 Å². The summed E-state index contributed by atoms with van der Waals surface area (Å²) in [7, 11) is 0. The Morgan fingerprint density at radius 3 is 0.562 bits per heavy atom. The minimum absolute atomic E-state index is 0. The van der Waals surface area contributed by atoms with Crippen LogP contribution in [0.1, 0.15) is 0 Å². The van der Waals surface area contributed by atoms with Gasteiger partial charge in [-0.15, -0.1) is 0 Å². The van der Waals surface area contributed by atoms with Crippen molar-refractivity contribution in [3.8, 4) is 0 Å². The van der Waals surface area contributed by atoms with E-state index in [0.29, 0.717) is 0 Å². The van der Waals surface area contributed by atoms with E-state index >= 15 is 0 Å². The Balaban J connectivity index is -0.0000000359. The van der Waals surface area contributed by atoms with Gasteiger partial charge >= 0.3 is 50.9 Å². The van der Waals surface area contributed by atoms with Gasteiger partial charge in [-0.3, -0.25) is 0 Å². The molecule has 0 aliphatic heterocycles. The Morgan fingerprint density at radius 2 is 0.562 bits per heavy atom. The molecular formula is C12H20N6O12Ru2-. The molecule has 18 nitrogen and oxygen atoms in total. The van der Waals surface area contributed by atoms with Gasteiger partial charge in [-0.2, -0.15) is 39.3 Å². The molecule has 0 saturated heterocycles. The fraction of sp³-hybridized carbons (Fsp3) is 0.500. The zero-order valence-corrected chi connectivity index (χ0v) is 19.4. The number of carboxylic acid groups (broad SMARTS) is 6. The summed E-state index contributed by atoms with van der Waals surface area (Å²) in [5.74, 6) is -12.4. The second-order valence-electron chi connectivity index (χ2n) is 3.26. The summed E-state index contributed by atoms with van der Waals surface area (Å²) in [6.07, 6.45) is 0. The van der Waals surface area contributed by atoms with E-state index < -0.39 is 35.8 Å². The molecule has 0 spiro atoms. The number of carboxylic acids is 6. The Morgan fingerprint density at radius 1 is 0.469 bits per heavy atom. The van der Waals surface area contributed by atoms with Gasteiger partial charge in [0.15, 0.2) is 0 Å². The quantitative estimate of drug-likeness (QED) is 0.217. The maximum Gasteiger partial charge on any atom is 5.00 e. The van der Waals surface area contributed by atoms with Crippen LogP contribution in [-0.4, -0.2) is 85.3 Å². The van der Waals surface area contributed by atoms with Gasteiger partial charge in [-0.05, 0) is 0 Å². The van der Waals surface area contributed by atoms with Gasteiger partial charge in [0.05, 0.1) is 23.9 Å². The van der Waals surface area contributed by atoms with Crippen LogP contribution in [0.4, 0.5) is 0 Å². The summed E-state index contributed by atoms with van der Waals surface area (Å²) in [6.45, 7) is 1.42. The van der Waals surface area contributed by atoms with Crippen molar-refractivity contribution >= 4 is 35.8 Å². The van der Waals surface area contributed by atoms with Gasteiger partial charge in [0.25, 0.3) is 0 Å². The van der Waals surface area contributed by atoms with E-state index in [-0.39, 0.29) is 78.2 Å². The Kier molecular flexibility index (Phi) is 76.2. The van der Waals surface area contributed by atoms with Gasteiger partial charge < -0.3 is 84.2 Å². The van der Waals surface area contributed by atoms with Gasteiger partial charge in [0.2, 0.25) is 0 Å². The predicted molar refractivity (Wildman–Crippen MR) is 90.4 cm³/mol. The number of carbonyl (C=O) groups is 6. The van der Waals surface area contributed by atoms with Crippen molar-refractivity contribution in [2.24, 2.45) is 0 Å². The molecule has 0 fully saturated rings. The molecule has 0 aromatic heterocycles. The summed E-state index contributed by atoms with van der Waals surface area (Å²) in [5.41, 5.74) is 37.6. The molecule has 8 N–H and O–H groups in total. The first-order chi connectivity index (χ1) is 13.7. The van der Waals surface area contributed by atoms with E-state index in [0.717, 1.165) is 0 Å². The topological polar surface area (TPSA) is 378 Å². The SMILES string of the molecule is O=C(O)C(=O)O.O=C([O-])C(=O)[O-].O=C([O-])C(=O)[O-].[NH-]CC[NH-].[NH-]CC[NH-].[NH-]CC[NH-].[Ru+4].[Ru+5]. The van der Waals surface area contributed by atoms with Crippen molar-refractivity contribution in [1.29, 1.82) is 0 Å². The first kappa shape index (κ1) is 52.0. The standard InChI is InChI=1S/3C2H6N2.3C2H2O4.2Ru/c3*3-1-2-4;3*3-1(4)2(5)6;;/h3*3-4H,1-2H2;3*(H,3,4)(H,5,6);;/q3*-2;;;;+4;+5/p-4. The van der Waals surface area contributed by atoms with E-state index in [1.54, 1.807) is 0 Å². The predicted octanol–water partition coefficient (Wildman–Crippen LogP) is -4.60. The van der Waals surface area contributed by atoms with Gasteiger partial charge in [0.1, 0.15) is 0 Å². The fourth-order valence-electron chi connectivity index (χ4n) is 0. The zero-order chi connectivity index (χ0) is 25.7. The molecule has 0 aliphatic rings. The monoisotopic (exact) mass is 644 g/mol. The number of carbonyl (C=O) groups excluding carboxylic acids is 4. The zero-order valence-electron chi connectivity index (χ0n) is 15.9. The molecule has 0 atom stereocenters. The molecule has 1 radical (unpaired) electrons. The molecule has 187 valence electrons. The van der Waals surface area contributed by atoms with Crippen LogP contribution in [0.2, 0.25) is 0 Å². The summed E-state index contributed by atoms with van der Waals surface area (Å²) >= 11 is 0. The average molecular weight is 642 g/mol. The largest absolute Gasteiger partial charge is 5.00 e. The van der Waals surface area contributed by atoms with Gasteiger partial charge in [-0.1, -0.05) is 0 Å². The third-order valence-corrected chi connectivity index (χ3v) is 0.891. The number of hydrogen-bond donors (Lipinski definition) is 2. The molecule has 0 amide bonds. The van der Waals surface area contributed by atoms with Crippen LogP contribution in [0.15, 0.2) is 0 Å². The van der Waals surface area contributed by atoms with Crippen LogP contribution < -0.4 is 20.4 Å². The van der Waals surface area contributed by atoms with Crippen LogP contribution >= 0.6 is 0 Å². The smallest absolute Gasteiger partial charge is 0.679 e. The van der Waals surface area contributed by atoms with E-state index in [4.69, 9.17) is 93.8 Å². The summed E-state index contributed by atoms with van der Waals surface area (Å²) in [4.78, 5) is 53.9. The van der Waals surface area contributed by atoms with Crippen molar-refractivity contribution in [2.75, 3.05) is 39.3 Å². The maximum atomic E-state index is 9.10. The molecule has 0 rings (SSSR count). The molecule has 0 aromatic rings. The number of hydrogen-bond acceptors (Lipinski definition) is 10. The van der Waals surface area contributed by atoms with Crippen molar-refractivity contribution < 1.29 is 98.4 Å². The molecule has 0 unspecified atom stereocenters. The van der Waals surface area contributed by atoms with Crippen LogP contribution in [0.5, 0.6) is 0 Å². The fourth-order valence-corrected chi connectivity index (χ4v) is 0. The van der Waals surface area contributed by atoms with E-state index in [1.807, 2.05) is 0 Å². The third-order valence-electron chi connectivity index (χ3n) is 0.891. The molecule has 32 heavy (non-hydrogen) atoms. The summed E-state index contributed by atoms with van der Waals surface area (Å²) in [5, 5.41) is 50.5. The van der Waals surface area contributed by atoms with Crippen molar-refractivity contribution in [2.45, 2.75) is 0 Å². The molecule has 20 heteroatoms. The van der Waals surface area contributed by atoms with E-state index in [1.165, 1.54) is 0 Å². The van der Waals surface area contributed by atoms with Gasteiger partial charge in [-0.25, -0.2) is 9.59 Å². The first-order valence-electron chi connectivity index (χ1n) is 6.86. The summed E-state index contributed by atoms with van der Waals surface area (Å²) in [6, 6.07) is 0. The van der Waals surface area contributed by atoms with Crippen molar-refractivity contribution in [3.63, 3.8) is 0 Å². The summed E-state index contributed by atoms with van der Waals surface area (Å²) < 4.78 is 0. The molecule has 0 heterocycles. The normalized spacial score (nSPS) is 6.94. The van der Waals surface area contributed by atoms with Crippen LogP contribution in [0.3, 0.4) is 0 Å². The van der Waals surface area contributed by atoms with E-state index in [9.17, 15) is 0 Å². The van der Waals surface area contributed by atoms with Gasteiger partial charge in [0, 0.05) is 0 Å². The van der Waals surface area contributed by atoms with Crippen molar-refractivity contribution in [3.05, 3.63) is 34.4 Å². The third kappa shape index (κ3) is 122. The Labute approximate surface area is 207 Å². The number of nitrogens with one attached hydrogen (secondary N) is 6. The average Bonchev–Trinajstić information content (AvgIpc) is 2.69.